The summed E-state index contributed by atoms with van der Waals surface area (Å²) < 4.78 is 0. The van der Waals surface area contributed by atoms with Gasteiger partial charge in [-0.25, -0.2) is 0 Å². The lowest BCUT2D eigenvalue weighted by molar-refractivity contribution is 0.138. The van der Waals surface area contributed by atoms with Gasteiger partial charge in [0.15, 0.2) is 0 Å². The Kier molecular flexibility index (Phi) is 2.17. The average Bonchev–Trinajstić information content (AvgIpc) is 2.31. The number of hydrogen-bond acceptors (Lipinski definition) is 1. The van der Waals surface area contributed by atoms with Crippen molar-refractivity contribution in [3.8, 4) is 0 Å². The molecule has 3 atom stereocenters. The van der Waals surface area contributed by atoms with Crippen LogP contribution in [0, 0.1) is 11.8 Å². The lowest BCUT2D eigenvalue weighted by atomic mass is 9.91. The van der Waals surface area contributed by atoms with Gasteiger partial charge in [0.05, 0.1) is 6.10 Å². The summed E-state index contributed by atoms with van der Waals surface area (Å²) in [5.74, 6) is 1.86. The molecule has 0 spiro atoms. The van der Waals surface area contributed by atoms with Crippen LogP contribution < -0.4 is 0 Å². The fourth-order valence-electron chi connectivity index (χ4n) is 2.89. The molecule has 0 aliphatic heterocycles. The smallest absolute Gasteiger partial charge is 0.0543 e. The molecule has 1 heteroatoms. The van der Waals surface area contributed by atoms with E-state index < -0.39 is 0 Å². The summed E-state index contributed by atoms with van der Waals surface area (Å²) in [7, 11) is 0. The van der Waals surface area contributed by atoms with Crippen LogP contribution in [0.1, 0.15) is 44.9 Å². The Morgan fingerprint density at radius 3 is 2.27 bits per heavy atom. The van der Waals surface area contributed by atoms with Gasteiger partial charge in [0, 0.05) is 0 Å². The van der Waals surface area contributed by atoms with Gasteiger partial charge in [-0.15, -0.1) is 0 Å². The third kappa shape index (κ3) is 1.58. The van der Waals surface area contributed by atoms with Crippen molar-refractivity contribution >= 4 is 0 Å². The first kappa shape index (κ1) is 7.60. The van der Waals surface area contributed by atoms with Crippen LogP contribution in [0.15, 0.2) is 0 Å². The normalized spacial score (nSPS) is 45.0. The maximum atomic E-state index is 9.54. The molecule has 0 heterocycles. The first-order chi connectivity index (χ1) is 5.36. The van der Waals surface area contributed by atoms with Crippen molar-refractivity contribution in [3.63, 3.8) is 0 Å². The van der Waals surface area contributed by atoms with Gasteiger partial charge in [0.2, 0.25) is 0 Å². The molecule has 0 radical (unpaired) electrons. The molecule has 0 aromatic carbocycles. The molecule has 2 aliphatic carbocycles. The van der Waals surface area contributed by atoms with Crippen molar-refractivity contribution in [1.82, 2.24) is 0 Å². The second-order valence-electron chi connectivity index (χ2n) is 4.27. The number of aliphatic hydroxyl groups excluding tert-OH is 1. The largest absolute Gasteiger partial charge is 0.393 e. The van der Waals surface area contributed by atoms with Crippen LogP contribution in [-0.2, 0) is 0 Å². The van der Waals surface area contributed by atoms with Crippen LogP contribution in [0.4, 0.5) is 0 Å². The average molecular weight is 154 g/mol. The number of rotatable bonds is 0. The van der Waals surface area contributed by atoms with E-state index in [2.05, 4.69) is 0 Å². The Bertz CT molecular complexity index is 133. The van der Waals surface area contributed by atoms with Crippen molar-refractivity contribution in [2.24, 2.45) is 11.8 Å². The summed E-state index contributed by atoms with van der Waals surface area (Å²) in [5.41, 5.74) is 0. The topological polar surface area (TPSA) is 20.2 Å². The molecule has 0 saturated heterocycles. The first-order valence-corrected chi connectivity index (χ1v) is 5.04. The van der Waals surface area contributed by atoms with Crippen LogP contribution in [0.25, 0.3) is 0 Å². The van der Waals surface area contributed by atoms with E-state index in [1.54, 1.807) is 0 Å². The van der Waals surface area contributed by atoms with E-state index in [-0.39, 0.29) is 6.10 Å². The molecule has 3 unspecified atom stereocenters. The monoisotopic (exact) mass is 154 g/mol. The molecule has 64 valence electrons. The van der Waals surface area contributed by atoms with Crippen LogP contribution in [0.3, 0.4) is 0 Å². The van der Waals surface area contributed by atoms with E-state index in [1.807, 2.05) is 0 Å². The predicted molar refractivity (Wildman–Crippen MR) is 45.3 cm³/mol. The molecule has 0 bridgehead atoms. The maximum Gasteiger partial charge on any atom is 0.0543 e. The highest BCUT2D eigenvalue weighted by atomic mass is 16.3. The van der Waals surface area contributed by atoms with Crippen molar-refractivity contribution in [2.45, 2.75) is 51.0 Å². The molecular formula is C10H18O. The van der Waals surface area contributed by atoms with Gasteiger partial charge in [-0.2, -0.15) is 0 Å². The van der Waals surface area contributed by atoms with Crippen LogP contribution in [0.2, 0.25) is 0 Å². The third-order valence-electron chi connectivity index (χ3n) is 3.50. The molecule has 11 heavy (non-hydrogen) atoms. The summed E-state index contributed by atoms with van der Waals surface area (Å²) >= 11 is 0. The summed E-state index contributed by atoms with van der Waals surface area (Å²) in [5, 5.41) is 9.54. The van der Waals surface area contributed by atoms with Crippen molar-refractivity contribution < 1.29 is 5.11 Å². The zero-order valence-corrected chi connectivity index (χ0v) is 7.13. The highest BCUT2D eigenvalue weighted by Gasteiger charge is 2.30. The van der Waals surface area contributed by atoms with E-state index in [0.717, 1.165) is 24.7 Å². The molecule has 0 amide bonds. The highest BCUT2D eigenvalue weighted by molar-refractivity contribution is 4.82. The third-order valence-corrected chi connectivity index (χ3v) is 3.50. The molecule has 1 N–H and O–H groups in total. The Morgan fingerprint density at radius 2 is 1.45 bits per heavy atom. The van der Waals surface area contributed by atoms with Crippen molar-refractivity contribution in [3.05, 3.63) is 0 Å². The van der Waals surface area contributed by atoms with Gasteiger partial charge >= 0.3 is 0 Å². The van der Waals surface area contributed by atoms with Crippen molar-refractivity contribution in [1.29, 1.82) is 0 Å². The van der Waals surface area contributed by atoms with Gasteiger partial charge in [-0.05, 0) is 24.7 Å². The molecule has 0 aromatic rings. The fourth-order valence-corrected chi connectivity index (χ4v) is 2.89. The van der Waals surface area contributed by atoms with Crippen LogP contribution >= 0.6 is 0 Å². The Balaban J connectivity index is 1.98. The number of fused-ring (bicyclic) bond motifs is 1. The van der Waals surface area contributed by atoms with Gasteiger partial charge in [0.25, 0.3) is 0 Å². The Morgan fingerprint density at radius 1 is 0.818 bits per heavy atom. The van der Waals surface area contributed by atoms with Gasteiger partial charge < -0.3 is 5.11 Å². The second kappa shape index (κ2) is 3.14. The molecule has 1 nitrogen and oxygen atoms in total. The quantitative estimate of drug-likeness (QED) is 0.568. The second-order valence-corrected chi connectivity index (χ2v) is 4.27. The minimum absolute atomic E-state index is 0.0306. The van der Waals surface area contributed by atoms with Crippen molar-refractivity contribution in [2.75, 3.05) is 0 Å². The van der Waals surface area contributed by atoms with Crippen LogP contribution in [-0.4, -0.2) is 11.2 Å². The fraction of sp³-hybridized carbons (Fsp3) is 1.00. The summed E-state index contributed by atoms with van der Waals surface area (Å²) in [4.78, 5) is 0. The molecule has 2 fully saturated rings. The molecule has 2 saturated carbocycles. The van der Waals surface area contributed by atoms with Gasteiger partial charge in [-0.3, -0.25) is 0 Å². The predicted octanol–water partition coefficient (Wildman–Crippen LogP) is 2.34. The first-order valence-electron chi connectivity index (χ1n) is 5.04. The standard InChI is InChI=1S/C10H18O/c11-10-6-2-4-8-3-1-5-9(8)7-10/h8-11H,1-7H2. The molecule has 0 aromatic heterocycles. The van der Waals surface area contributed by atoms with E-state index in [9.17, 15) is 5.11 Å². The van der Waals surface area contributed by atoms with Gasteiger partial charge in [-0.1, -0.05) is 32.1 Å². The number of aliphatic hydroxyl groups is 1. The highest BCUT2D eigenvalue weighted by Crippen LogP contribution is 2.40. The zero-order chi connectivity index (χ0) is 7.68. The SMILES string of the molecule is OC1CCCC2CCCC2C1. The van der Waals surface area contributed by atoms with Crippen LogP contribution in [0.5, 0.6) is 0 Å². The minimum Gasteiger partial charge on any atom is -0.393 e. The lowest BCUT2D eigenvalue weighted by Crippen LogP contribution is -2.12. The zero-order valence-electron chi connectivity index (χ0n) is 7.13. The van der Waals surface area contributed by atoms with E-state index >= 15 is 0 Å². The maximum absolute atomic E-state index is 9.54. The molecular weight excluding hydrogens is 136 g/mol. The van der Waals surface area contributed by atoms with Gasteiger partial charge in [0.1, 0.15) is 0 Å². The van der Waals surface area contributed by atoms with E-state index in [4.69, 9.17) is 0 Å². The van der Waals surface area contributed by atoms with E-state index in [1.165, 1.54) is 32.1 Å². The number of hydrogen-bond donors (Lipinski definition) is 1. The Hall–Kier alpha value is -0.0400. The lowest BCUT2D eigenvalue weighted by Gasteiger charge is -2.16. The molecule has 2 aliphatic rings. The van der Waals surface area contributed by atoms with E-state index in [0.29, 0.717) is 0 Å². The molecule has 2 rings (SSSR count). The summed E-state index contributed by atoms with van der Waals surface area (Å²) in [6.45, 7) is 0. The summed E-state index contributed by atoms with van der Waals surface area (Å²) in [6.07, 6.45) is 9.10. The minimum atomic E-state index is 0.0306. The Labute approximate surface area is 68.8 Å². The summed E-state index contributed by atoms with van der Waals surface area (Å²) in [6, 6.07) is 0.